The second kappa shape index (κ2) is 3.86. The number of ether oxygens (including phenoxy) is 1. The van der Waals surface area contributed by atoms with E-state index in [0.29, 0.717) is 0 Å². The summed E-state index contributed by atoms with van der Waals surface area (Å²) in [7, 11) is 0. The molecule has 1 fully saturated rings. The van der Waals surface area contributed by atoms with Gasteiger partial charge in [0.05, 0.1) is 5.92 Å². The lowest BCUT2D eigenvalue weighted by Gasteiger charge is -2.47. The normalized spacial score (nSPS) is 26.4. The molecule has 1 aliphatic heterocycles. The maximum atomic E-state index is 12.1. The van der Waals surface area contributed by atoms with Crippen molar-refractivity contribution in [2.45, 2.75) is 45.6 Å². The third kappa shape index (κ3) is 2.08. The van der Waals surface area contributed by atoms with Crippen molar-refractivity contribution in [3.63, 3.8) is 0 Å². The topological polar surface area (TPSA) is 26.3 Å². The number of benzene rings is 1. The smallest absolute Gasteiger partial charge is 0.313 e. The third-order valence-corrected chi connectivity index (χ3v) is 4.19. The Labute approximate surface area is 103 Å². The highest BCUT2D eigenvalue weighted by atomic mass is 16.6. The molecule has 0 saturated carbocycles. The maximum absolute atomic E-state index is 12.1. The first-order valence-corrected chi connectivity index (χ1v) is 6.11. The van der Waals surface area contributed by atoms with Gasteiger partial charge in [0.2, 0.25) is 0 Å². The van der Waals surface area contributed by atoms with Crippen molar-refractivity contribution in [2.24, 2.45) is 5.41 Å². The summed E-state index contributed by atoms with van der Waals surface area (Å²) < 4.78 is 5.62. The highest BCUT2D eigenvalue weighted by molar-refractivity contribution is 5.79. The van der Waals surface area contributed by atoms with Crippen LogP contribution in [0.2, 0.25) is 0 Å². The van der Waals surface area contributed by atoms with E-state index in [-0.39, 0.29) is 17.3 Å². The van der Waals surface area contributed by atoms with Crippen molar-refractivity contribution >= 4 is 5.97 Å². The maximum Gasteiger partial charge on any atom is 0.313 e. The predicted molar refractivity (Wildman–Crippen MR) is 67.8 cm³/mol. The van der Waals surface area contributed by atoms with E-state index in [4.69, 9.17) is 4.74 Å². The van der Waals surface area contributed by atoms with Crippen molar-refractivity contribution < 1.29 is 9.53 Å². The van der Waals surface area contributed by atoms with E-state index in [2.05, 4.69) is 13.8 Å². The fourth-order valence-corrected chi connectivity index (χ4v) is 2.24. The number of cyclic esters (lactones) is 1. The largest absolute Gasteiger partial charge is 0.459 e. The van der Waals surface area contributed by atoms with Crippen molar-refractivity contribution in [2.75, 3.05) is 0 Å². The minimum absolute atomic E-state index is 0.0125. The van der Waals surface area contributed by atoms with Crippen LogP contribution in [0.4, 0.5) is 0 Å². The van der Waals surface area contributed by atoms with E-state index in [9.17, 15) is 4.79 Å². The fourth-order valence-electron chi connectivity index (χ4n) is 2.24. The van der Waals surface area contributed by atoms with E-state index >= 15 is 0 Å². The zero-order valence-corrected chi connectivity index (χ0v) is 11.0. The first-order valence-electron chi connectivity index (χ1n) is 6.11. The Morgan fingerprint density at radius 1 is 1.12 bits per heavy atom. The van der Waals surface area contributed by atoms with Crippen molar-refractivity contribution in [1.82, 2.24) is 0 Å². The molecule has 0 aliphatic carbocycles. The minimum Gasteiger partial charge on any atom is -0.459 e. The number of carbonyl (C=O) groups is 1. The molecule has 0 amide bonds. The number of rotatable bonds is 1. The molecule has 2 heteroatoms. The molecule has 17 heavy (non-hydrogen) atoms. The zero-order chi connectivity index (χ0) is 12.7. The molecule has 2 nitrogen and oxygen atoms in total. The van der Waals surface area contributed by atoms with Crippen LogP contribution < -0.4 is 0 Å². The molecule has 92 valence electrons. The van der Waals surface area contributed by atoms with Gasteiger partial charge in [-0.1, -0.05) is 44.2 Å². The Morgan fingerprint density at radius 2 is 1.71 bits per heavy atom. The molecule has 2 rings (SSSR count). The van der Waals surface area contributed by atoms with Crippen LogP contribution in [0.3, 0.4) is 0 Å². The Hall–Kier alpha value is -1.31. The van der Waals surface area contributed by atoms with Crippen LogP contribution >= 0.6 is 0 Å². The van der Waals surface area contributed by atoms with Crippen LogP contribution in [0.25, 0.3) is 0 Å². The van der Waals surface area contributed by atoms with Gasteiger partial charge in [0.15, 0.2) is 0 Å². The molecule has 1 aromatic rings. The average molecular weight is 232 g/mol. The number of esters is 1. The van der Waals surface area contributed by atoms with Gasteiger partial charge in [0.1, 0.15) is 5.60 Å². The molecule has 0 radical (unpaired) electrons. The van der Waals surface area contributed by atoms with Gasteiger partial charge in [-0.25, -0.2) is 0 Å². The van der Waals surface area contributed by atoms with E-state index < -0.39 is 5.60 Å². The van der Waals surface area contributed by atoms with Crippen molar-refractivity contribution in [1.29, 1.82) is 0 Å². The molecule has 0 spiro atoms. The summed E-state index contributed by atoms with van der Waals surface area (Å²) >= 11 is 0. The summed E-state index contributed by atoms with van der Waals surface area (Å²) in [6.07, 6.45) is 0.836. The Balaban J connectivity index is 2.31. The lowest BCUT2D eigenvalue weighted by atomic mass is 9.68. The van der Waals surface area contributed by atoms with Crippen LogP contribution in [0, 0.1) is 5.41 Å². The summed E-state index contributed by atoms with van der Waals surface area (Å²) in [5.74, 6) is -0.222. The van der Waals surface area contributed by atoms with Crippen LogP contribution in [0.1, 0.15) is 45.6 Å². The molecule has 0 N–H and O–H groups in total. The number of carbonyl (C=O) groups excluding carboxylic acids is 1. The zero-order valence-electron chi connectivity index (χ0n) is 11.0. The van der Waals surface area contributed by atoms with E-state index in [1.54, 1.807) is 0 Å². The van der Waals surface area contributed by atoms with Crippen molar-refractivity contribution in [3.05, 3.63) is 35.9 Å². The lowest BCUT2D eigenvalue weighted by molar-refractivity contribution is -0.184. The summed E-state index contributed by atoms with van der Waals surface area (Å²) in [5, 5.41) is 0. The number of hydrogen-bond donors (Lipinski definition) is 0. The highest BCUT2D eigenvalue weighted by Crippen LogP contribution is 2.47. The molecule has 1 heterocycles. The van der Waals surface area contributed by atoms with Gasteiger partial charge in [0, 0.05) is 5.41 Å². The van der Waals surface area contributed by atoms with Crippen LogP contribution in [0.15, 0.2) is 30.3 Å². The van der Waals surface area contributed by atoms with Crippen LogP contribution in [-0.2, 0) is 9.53 Å². The fraction of sp³-hybridized carbons (Fsp3) is 0.533. The van der Waals surface area contributed by atoms with Gasteiger partial charge < -0.3 is 4.74 Å². The Bertz CT molecular complexity index is 418. The predicted octanol–water partition coefficient (Wildman–Crippen LogP) is 3.52. The molecule has 1 saturated heterocycles. The molecular weight excluding hydrogens is 212 g/mol. The highest BCUT2D eigenvalue weighted by Gasteiger charge is 2.48. The SMILES string of the molecule is CC1(C)CC(c2ccccc2)C(=O)OC1(C)C. The third-order valence-electron chi connectivity index (χ3n) is 4.19. The van der Waals surface area contributed by atoms with Gasteiger partial charge in [-0.15, -0.1) is 0 Å². The number of hydrogen-bond acceptors (Lipinski definition) is 2. The first kappa shape index (κ1) is 12.2. The average Bonchev–Trinajstić information content (AvgIpc) is 2.24. The van der Waals surface area contributed by atoms with Crippen LogP contribution in [-0.4, -0.2) is 11.6 Å². The quantitative estimate of drug-likeness (QED) is 0.692. The summed E-state index contributed by atoms with van der Waals surface area (Å²) in [6, 6.07) is 9.90. The van der Waals surface area contributed by atoms with E-state index in [1.165, 1.54) is 0 Å². The van der Waals surface area contributed by atoms with Gasteiger partial charge in [-0.05, 0) is 25.8 Å². The van der Waals surface area contributed by atoms with Gasteiger partial charge in [0.25, 0.3) is 0 Å². The minimum atomic E-state index is -0.393. The second-order valence-electron chi connectivity index (χ2n) is 5.98. The van der Waals surface area contributed by atoms with Crippen molar-refractivity contribution in [3.8, 4) is 0 Å². The monoisotopic (exact) mass is 232 g/mol. The Kier molecular flexibility index (Phi) is 2.76. The van der Waals surface area contributed by atoms with Gasteiger partial charge in [-0.2, -0.15) is 0 Å². The standard InChI is InChI=1S/C15H20O2/c1-14(2)10-12(11-8-6-5-7-9-11)13(16)17-15(14,3)4/h5-9,12H,10H2,1-4H3. The molecule has 1 aliphatic rings. The molecule has 1 atom stereocenters. The Morgan fingerprint density at radius 3 is 2.29 bits per heavy atom. The molecule has 0 aromatic heterocycles. The first-order chi connectivity index (χ1) is 7.83. The second-order valence-corrected chi connectivity index (χ2v) is 5.98. The van der Waals surface area contributed by atoms with E-state index in [0.717, 1.165) is 12.0 Å². The van der Waals surface area contributed by atoms with E-state index in [1.807, 2.05) is 44.2 Å². The molecule has 1 unspecified atom stereocenters. The lowest BCUT2D eigenvalue weighted by Crippen LogP contribution is -2.50. The molecule has 0 bridgehead atoms. The van der Waals surface area contributed by atoms with Gasteiger partial charge in [-0.3, -0.25) is 4.79 Å². The summed E-state index contributed by atoms with van der Waals surface area (Å²) in [5.41, 5.74) is 0.651. The van der Waals surface area contributed by atoms with Crippen LogP contribution in [0.5, 0.6) is 0 Å². The summed E-state index contributed by atoms with van der Waals surface area (Å²) in [6.45, 7) is 8.31. The van der Waals surface area contributed by atoms with Gasteiger partial charge >= 0.3 is 5.97 Å². The molecule has 1 aromatic carbocycles. The summed E-state index contributed by atoms with van der Waals surface area (Å²) in [4.78, 5) is 12.1. The molecular formula is C15H20O2.